The summed E-state index contributed by atoms with van der Waals surface area (Å²) >= 11 is 0. The number of likely N-dealkylation sites (N-methyl/N-ethyl adjacent to an activating group) is 1. The van der Waals surface area contributed by atoms with E-state index in [0.29, 0.717) is 19.2 Å². The Hall–Kier alpha value is -1.26. The lowest BCUT2D eigenvalue weighted by atomic mass is 10.1. The number of benzene rings is 1. The van der Waals surface area contributed by atoms with Crippen molar-refractivity contribution < 1.29 is 9.47 Å². The molecule has 1 aromatic rings. The maximum Gasteiger partial charge on any atom is 0.191 e. The van der Waals surface area contributed by atoms with Gasteiger partial charge in [0.05, 0.1) is 7.11 Å². The van der Waals surface area contributed by atoms with Gasteiger partial charge in [0.1, 0.15) is 6.61 Å². The van der Waals surface area contributed by atoms with Gasteiger partial charge in [0, 0.05) is 39.3 Å². The second kappa shape index (κ2) is 16.4. The van der Waals surface area contributed by atoms with Crippen molar-refractivity contribution in [1.82, 2.24) is 20.4 Å². The average molecular weight is 562 g/mol. The summed E-state index contributed by atoms with van der Waals surface area (Å²) in [5.41, 5.74) is 1.13. The van der Waals surface area contributed by atoms with Gasteiger partial charge in [0.2, 0.25) is 0 Å². The highest BCUT2D eigenvalue weighted by Crippen LogP contribution is 2.28. The first-order valence-corrected chi connectivity index (χ1v) is 11.8. The Balaban J connectivity index is 0.00000512. The molecule has 0 spiro atoms. The zero-order valence-corrected chi connectivity index (χ0v) is 23.0. The molecule has 0 atom stereocenters. The highest BCUT2D eigenvalue weighted by Gasteiger charge is 2.19. The summed E-state index contributed by atoms with van der Waals surface area (Å²) in [4.78, 5) is 9.30. The van der Waals surface area contributed by atoms with Crippen LogP contribution in [0.15, 0.2) is 23.2 Å². The molecule has 0 aliphatic carbocycles. The van der Waals surface area contributed by atoms with E-state index in [1.807, 2.05) is 19.2 Å². The van der Waals surface area contributed by atoms with Gasteiger partial charge in [0.15, 0.2) is 17.5 Å². The van der Waals surface area contributed by atoms with E-state index in [0.717, 1.165) is 68.6 Å². The lowest BCUT2D eigenvalue weighted by Gasteiger charge is -2.32. The quantitative estimate of drug-likeness (QED) is 0.231. The second-order valence-corrected chi connectivity index (χ2v) is 8.05. The number of rotatable bonds is 12. The summed E-state index contributed by atoms with van der Waals surface area (Å²) in [5, 5.41) is 7.02. The molecule has 0 bridgehead atoms. The number of nitrogens with one attached hydrogen (secondary N) is 2. The average Bonchev–Trinajstić information content (AvgIpc) is 2.81. The van der Waals surface area contributed by atoms with Crippen LogP contribution in [-0.4, -0.2) is 81.8 Å². The molecule has 32 heavy (non-hydrogen) atoms. The van der Waals surface area contributed by atoms with Crippen molar-refractivity contribution in [2.45, 2.75) is 52.6 Å². The van der Waals surface area contributed by atoms with Gasteiger partial charge >= 0.3 is 0 Å². The number of ether oxygens (including phenoxy) is 2. The molecule has 0 aromatic heterocycles. The second-order valence-electron chi connectivity index (χ2n) is 8.05. The van der Waals surface area contributed by atoms with Crippen molar-refractivity contribution in [3.05, 3.63) is 23.8 Å². The van der Waals surface area contributed by atoms with E-state index in [9.17, 15) is 0 Å². The molecule has 1 aliphatic rings. The molecule has 184 valence electrons. The number of halogens is 1. The highest BCUT2D eigenvalue weighted by atomic mass is 127. The molecule has 0 saturated carbocycles. The first kappa shape index (κ1) is 28.8. The predicted octanol–water partition coefficient (Wildman–Crippen LogP) is 3.57. The minimum absolute atomic E-state index is 0. The normalized spacial score (nSPS) is 15.4. The standard InChI is InChI=1S/C24H43N5O2.HI/c1-6-13-29-14-11-21(12-15-29)27-24(25-4)26-19-20-9-10-22(23(18-20)30-5)31-17-16-28(7-2)8-3;/h9-10,18,21H,6-8,11-17,19H2,1-5H3,(H2,25,26,27);1H. The van der Waals surface area contributed by atoms with Gasteiger partial charge in [-0.2, -0.15) is 0 Å². The molecule has 1 heterocycles. The number of piperidine rings is 1. The maximum absolute atomic E-state index is 5.96. The van der Waals surface area contributed by atoms with Crippen LogP contribution in [-0.2, 0) is 6.54 Å². The molecular formula is C24H44IN5O2. The van der Waals surface area contributed by atoms with E-state index in [-0.39, 0.29) is 24.0 Å². The fourth-order valence-electron chi connectivity index (χ4n) is 3.96. The third kappa shape index (κ3) is 9.70. The number of guanidine groups is 1. The lowest BCUT2D eigenvalue weighted by Crippen LogP contribution is -2.48. The van der Waals surface area contributed by atoms with Gasteiger partial charge in [-0.05, 0) is 56.6 Å². The summed E-state index contributed by atoms with van der Waals surface area (Å²) in [7, 11) is 3.52. The molecule has 1 aromatic carbocycles. The van der Waals surface area contributed by atoms with Crippen LogP contribution in [0.1, 0.15) is 45.6 Å². The molecule has 2 rings (SSSR count). The van der Waals surface area contributed by atoms with Crippen LogP contribution in [0.25, 0.3) is 0 Å². The van der Waals surface area contributed by atoms with Crippen LogP contribution < -0.4 is 20.1 Å². The van der Waals surface area contributed by atoms with Gasteiger partial charge in [-0.3, -0.25) is 4.99 Å². The van der Waals surface area contributed by atoms with E-state index in [2.05, 4.69) is 52.3 Å². The molecule has 8 heteroatoms. The van der Waals surface area contributed by atoms with Crippen LogP contribution in [0.3, 0.4) is 0 Å². The van der Waals surface area contributed by atoms with Gasteiger partial charge in [-0.15, -0.1) is 24.0 Å². The minimum atomic E-state index is 0. The van der Waals surface area contributed by atoms with Crippen LogP contribution in [0.4, 0.5) is 0 Å². The first-order chi connectivity index (χ1) is 15.1. The summed E-state index contributed by atoms with van der Waals surface area (Å²) in [5.74, 6) is 2.41. The zero-order chi connectivity index (χ0) is 22.5. The number of hydrogen-bond acceptors (Lipinski definition) is 5. The molecule has 1 aliphatic heterocycles. The third-order valence-electron chi connectivity index (χ3n) is 5.94. The Kier molecular flexibility index (Phi) is 14.7. The van der Waals surface area contributed by atoms with Crippen molar-refractivity contribution in [3.63, 3.8) is 0 Å². The molecule has 1 saturated heterocycles. The zero-order valence-electron chi connectivity index (χ0n) is 20.7. The van der Waals surface area contributed by atoms with Crippen LogP contribution in [0, 0.1) is 0 Å². The Morgan fingerprint density at radius 1 is 1.16 bits per heavy atom. The van der Waals surface area contributed by atoms with E-state index in [4.69, 9.17) is 9.47 Å². The van der Waals surface area contributed by atoms with Gasteiger partial charge in [0.25, 0.3) is 0 Å². The topological polar surface area (TPSA) is 61.4 Å². The maximum atomic E-state index is 5.96. The molecular weight excluding hydrogens is 517 g/mol. The van der Waals surface area contributed by atoms with Crippen LogP contribution in [0.2, 0.25) is 0 Å². The summed E-state index contributed by atoms with van der Waals surface area (Å²) in [6, 6.07) is 6.60. The number of likely N-dealkylation sites (tertiary alicyclic amines) is 1. The predicted molar refractivity (Wildman–Crippen MR) is 145 cm³/mol. The molecule has 0 radical (unpaired) electrons. The monoisotopic (exact) mass is 561 g/mol. The smallest absolute Gasteiger partial charge is 0.191 e. The SMILES string of the molecule is CCCN1CCC(NC(=NC)NCc2ccc(OCCN(CC)CC)c(OC)c2)CC1.I. The molecule has 7 nitrogen and oxygen atoms in total. The largest absolute Gasteiger partial charge is 0.493 e. The van der Waals surface area contributed by atoms with Crippen LogP contribution in [0.5, 0.6) is 11.5 Å². The Morgan fingerprint density at radius 2 is 1.88 bits per heavy atom. The van der Waals surface area contributed by atoms with Crippen molar-refractivity contribution in [2.24, 2.45) is 4.99 Å². The van der Waals surface area contributed by atoms with Crippen molar-refractivity contribution in [1.29, 1.82) is 0 Å². The van der Waals surface area contributed by atoms with Crippen molar-refractivity contribution >= 4 is 29.9 Å². The van der Waals surface area contributed by atoms with Gasteiger partial charge in [-0.1, -0.05) is 26.8 Å². The first-order valence-electron chi connectivity index (χ1n) is 11.8. The molecule has 0 unspecified atom stereocenters. The number of nitrogens with zero attached hydrogens (tertiary/aromatic N) is 3. The van der Waals surface area contributed by atoms with E-state index < -0.39 is 0 Å². The van der Waals surface area contributed by atoms with E-state index >= 15 is 0 Å². The van der Waals surface area contributed by atoms with Crippen LogP contribution >= 0.6 is 24.0 Å². The summed E-state index contributed by atoms with van der Waals surface area (Å²) in [6.45, 7) is 14.4. The van der Waals surface area contributed by atoms with Crippen molar-refractivity contribution in [2.75, 3.05) is 60.0 Å². The third-order valence-corrected chi connectivity index (χ3v) is 5.94. The van der Waals surface area contributed by atoms with E-state index in [1.54, 1.807) is 7.11 Å². The fraction of sp³-hybridized carbons (Fsp3) is 0.708. The van der Waals surface area contributed by atoms with Gasteiger partial charge in [-0.25, -0.2) is 0 Å². The highest BCUT2D eigenvalue weighted by molar-refractivity contribution is 14.0. The molecule has 0 amide bonds. The number of methoxy groups -OCH3 is 1. The molecule has 1 fully saturated rings. The number of hydrogen-bond donors (Lipinski definition) is 2. The Morgan fingerprint density at radius 3 is 2.47 bits per heavy atom. The Bertz CT molecular complexity index is 662. The number of aliphatic imine (C=N–C) groups is 1. The summed E-state index contributed by atoms with van der Waals surface area (Å²) < 4.78 is 11.5. The Labute approximate surface area is 212 Å². The van der Waals surface area contributed by atoms with Gasteiger partial charge < -0.3 is 29.9 Å². The van der Waals surface area contributed by atoms with E-state index in [1.165, 1.54) is 13.0 Å². The lowest BCUT2D eigenvalue weighted by molar-refractivity contribution is 0.206. The minimum Gasteiger partial charge on any atom is -0.493 e. The molecule has 2 N–H and O–H groups in total. The van der Waals surface area contributed by atoms with Crippen molar-refractivity contribution in [3.8, 4) is 11.5 Å². The fourth-order valence-corrected chi connectivity index (χ4v) is 3.96. The summed E-state index contributed by atoms with van der Waals surface area (Å²) in [6.07, 6.45) is 3.55.